The largest absolute Gasteiger partial charge is 0.363 e. The van der Waals surface area contributed by atoms with Gasteiger partial charge in [-0.3, -0.25) is 0 Å². The zero-order valence-corrected chi connectivity index (χ0v) is 13.6. The summed E-state index contributed by atoms with van der Waals surface area (Å²) in [6.45, 7) is 3.35. The fraction of sp³-hybridized carbons (Fsp3) is 0.667. The van der Waals surface area contributed by atoms with Gasteiger partial charge in [-0.05, 0) is 25.5 Å². The van der Waals surface area contributed by atoms with Crippen molar-refractivity contribution >= 4 is 19.9 Å². The average Bonchev–Trinajstić information content (AvgIpc) is 2.88. The quantitative estimate of drug-likeness (QED) is 0.677. The van der Waals surface area contributed by atoms with E-state index in [1.54, 1.807) is 6.07 Å². The molecule has 1 saturated heterocycles. The average molecular weight is 335 g/mol. The fourth-order valence-corrected chi connectivity index (χ4v) is 5.04. The molecule has 120 valence electrons. The number of sulfonamides is 1. The van der Waals surface area contributed by atoms with Crippen LogP contribution in [0.5, 0.6) is 0 Å². The highest BCUT2D eigenvalue weighted by Gasteiger charge is 2.27. The number of sulfone groups is 1. The van der Waals surface area contributed by atoms with Crippen molar-refractivity contribution in [3.8, 4) is 0 Å². The van der Waals surface area contributed by atoms with Crippen LogP contribution >= 0.6 is 0 Å². The van der Waals surface area contributed by atoms with Crippen LogP contribution in [0.3, 0.4) is 0 Å². The van der Waals surface area contributed by atoms with Crippen LogP contribution < -0.4 is 10.0 Å². The standard InChI is InChI=1S/C12H21N3O4S2/c1-2-13-8-11-7-12(9-14-11)21(18,19)15-10-3-5-20(16,17)6-4-10/h7,9-10,13-15H,2-6,8H2,1H3. The molecule has 0 radical (unpaired) electrons. The lowest BCUT2D eigenvalue weighted by molar-refractivity contribution is 0.505. The number of rotatable bonds is 6. The highest BCUT2D eigenvalue weighted by Crippen LogP contribution is 2.16. The molecule has 2 heterocycles. The Bertz CT molecular complexity index is 665. The molecule has 0 atom stereocenters. The van der Waals surface area contributed by atoms with Gasteiger partial charge in [-0.2, -0.15) is 0 Å². The maximum absolute atomic E-state index is 12.2. The van der Waals surface area contributed by atoms with Crippen molar-refractivity contribution in [3.05, 3.63) is 18.0 Å². The lowest BCUT2D eigenvalue weighted by Crippen LogP contribution is -2.40. The van der Waals surface area contributed by atoms with Crippen LogP contribution in [-0.4, -0.2) is 45.9 Å². The van der Waals surface area contributed by atoms with E-state index in [0.717, 1.165) is 12.2 Å². The molecule has 2 rings (SSSR count). The Labute approximate surface area is 125 Å². The molecule has 1 fully saturated rings. The lowest BCUT2D eigenvalue weighted by Gasteiger charge is -2.22. The molecular weight excluding hydrogens is 314 g/mol. The molecule has 0 saturated carbocycles. The molecule has 21 heavy (non-hydrogen) atoms. The first-order chi connectivity index (χ1) is 9.82. The van der Waals surface area contributed by atoms with Crippen molar-refractivity contribution < 1.29 is 16.8 Å². The van der Waals surface area contributed by atoms with Gasteiger partial charge in [-0.15, -0.1) is 0 Å². The predicted octanol–water partition coefficient (Wildman–Crippen LogP) is -0.0203. The van der Waals surface area contributed by atoms with Gasteiger partial charge in [0.2, 0.25) is 10.0 Å². The fourth-order valence-electron chi connectivity index (χ4n) is 2.23. The van der Waals surface area contributed by atoms with Crippen LogP contribution in [0.15, 0.2) is 17.2 Å². The van der Waals surface area contributed by atoms with Crippen molar-refractivity contribution in [2.24, 2.45) is 0 Å². The number of hydrogen-bond acceptors (Lipinski definition) is 5. The molecule has 0 amide bonds. The van der Waals surface area contributed by atoms with Gasteiger partial charge in [0.1, 0.15) is 9.84 Å². The highest BCUT2D eigenvalue weighted by molar-refractivity contribution is 7.91. The molecule has 7 nitrogen and oxygen atoms in total. The van der Waals surface area contributed by atoms with Crippen LogP contribution in [-0.2, 0) is 26.4 Å². The van der Waals surface area contributed by atoms with E-state index in [4.69, 9.17) is 0 Å². The zero-order valence-electron chi connectivity index (χ0n) is 11.9. The van der Waals surface area contributed by atoms with Gasteiger partial charge in [0.25, 0.3) is 0 Å². The van der Waals surface area contributed by atoms with E-state index in [0.29, 0.717) is 19.4 Å². The maximum Gasteiger partial charge on any atom is 0.242 e. The number of aromatic amines is 1. The molecule has 0 spiro atoms. The minimum atomic E-state index is -3.61. The molecule has 1 aliphatic rings. The third-order valence-corrected chi connectivity index (χ3v) is 6.68. The molecule has 0 aliphatic carbocycles. The van der Waals surface area contributed by atoms with Gasteiger partial charge >= 0.3 is 0 Å². The molecule has 1 aromatic heterocycles. The molecule has 0 bridgehead atoms. The first-order valence-corrected chi connectivity index (χ1v) is 10.2. The summed E-state index contributed by atoms with van der Waals surface area (Å²) in [6, 6.07) is 1.27. The van der Waals surface area contributed by atoms with E-state index in [9.17, 15) is 16.8 Å². The minimum absolute atomic E-state index is 0.0407. The number of H-pyrrole nitrogens is 1. The SMILES string of the molecule is CCNCc1cc(S(=O)(=O)NC2CCS(=O)(=O)CC2)c[nH]1. The van der Waals surface area contributed by atoms with Gasteiger partial charge in [0.15, 0.2) is 0 Å². The maximum atomic E-state index is 12.2. The Kier molecular flexibility index (Phi) is 5.07. The predicted molar refractivity (Wildman–Crippen MR) is 80.2 cm³/mol. The van der Waals surface area contributed by atoms with E-state index in [2.05, 4.69) is 15.0 Å². The summed E-state index contributed by atoms with van der Waals surface area (Å²) in [6.07, 6.45) is 2.11. The van der Waals surface area contributed by atoms with Gasteiger partial charge < -0.3 is 10.3 Å². The van der Waals surface area contributed by atoms with Gasteiger partial charge in [-0.1, -0.05) is 6.92 Å². The summed E-state index contributed by atoms with van der Waals surface area (Å²) >= 11 is 0. The number of nitrogens with one attached hydrogen (secondary N) is 3. The van der Waals surface area contributed by atoms with E-state index < -0.39 is 19.9 Å². The Morgan fingerprint density at radius 3 is 2.62 bits per heavy atom. The molecular formula is C12H21N3O4S2. The third kappa shape index (κ3) is 4.53. The third-order valence-electron chi connectivity index (χ3n) is 3.47. The Balaban J connectivity index is 2.00. The number of aromatic nitrogens is 1. The normalized spacial score (nSPS) is 19.7. The monoisotopic (exact) mass is 335 g/mol. The summed E-state index contributed by atoms with van der Waals surface area (Å²) < 4.78 is 49.8. The first kappa shape index (κ1) is 16.5. The minimum Gasteiger partial charge on any atom is -0.363 e. The zero-order chi connectivity index (χ0) is 15.5. The van der Waals surface area contributed by atoms with Crippen molar-refractivity contribution in [1.82, 2.24) is 15.0 Å². The van der Waals surface area contributed by atoms with E-state index in [1.165, 1.54) is 6.20 Å². The lowest BCUT2D eigenvalue weighted by atomic mass is 10.2. The topological polar surface area (TPSA) is 108 Å². The summed E-state index contributed by atoms with van der Waals surface area (Å²) in [5.74, 6) is 0.0813. The highest BCUT2D eigenvalue weighted by atomic mass is 32.2. The van der Waals surface area contributed by atoms with Crippen LogP contribution in [0, 0.1) is 0 Å². The molecule has 0 aromatic carbocycles. The summed E-state index contributed by atoms with van der Waals surface area (Å²) in [5, 5.41) is 3.11. The summed E-state index contributed by atoms with van der Waals surface area (Å²) in [7, 11) is -6.60. The second kappa shape index (κ2) is 6.47. The van der Waals surface area contributed by atoms with Gasteiger partial charge in [0, 0.05) is 24.5 Å². The summed E-state index contributed by atoms with van der Waals surface area (Å²) in [5.41, 5.74) is 0.795. The van der Waals surface area contributed by atoms with Gasteiger partial charge in [0.05, 0.1) is 16.4 Å². The van der Waals surface area contributed by atoms with Crippen LogP contribution in [0.1, 0.15) is 25.5 Å². The molecule has 3 N–H and O–H groups in total. The molecule has 9 heteroatoms. The number of hydrogen-bond donors (Lipinski definition) is 3. The van der Waals surface area contributed by atoms with Gasteiger partial charge in [-0.25, -0.2) is 21.6 Å². The van der Waals surface area contributed by atoms with Crippen molar-refractivity contribution in [3.63, 3.8) is 0 Å². The smallest absolute Gasteiger partial charge is 0.242 e. The Morgan fingerprint density at radius 2 is 2.00 bits per heavy atom. The van der Waals surface area contributed by atoms with Crippen LogP contribution in [0.2, 0.25) is 0 Å². The van der Waals surface area contributed by atoms with Crippen molar-refractivity contribution in [1.29, 1.82) is 0 Å². The van der Waals surface area contributed by atoms with E-state index >= 15 is 0 Å². The first-order valence-electron chi connectivity index (χ1n) is 6.93. The molecule has 0 unspecified atom stereocenters. The van der Waals surface area contributed by atoms with Crippen molar-refractivity contribution in [2.45, 2.75) is 37.2 Å². The second-order valence-electron chi connectivity index (χ2n) is 5.19. The Morgan fingerprint density at radius 1 is 1.33 bits per heavy atom. The van der Waals surface area contributed by atoms with E-state index in [1.807, 2.05) is 6.92 Å². The van der Waals surface area contributed by atoms with Crippen LogP contribution in [0.25, 0.3) is 0 Å². The Hall–Kier alpha value is -0.900. The molecule has 1 aliphatic heterocycles. The molecule has 1 aromatic rings. The van der Waals surface area contributed by atoms with Crippen molar-refractivity contribution in [2.75, 3.05) is 18.1 Å². The van der Waals surface area contributed by atoms with E-state index in [-0.39, 0.29) is 22.4 Å². The summed E-state index contributed by atoms with van der Waals surface area (Å²) in [4.78, 5) is 3.10. The van der Waals surface area contributed by atoms with Crippen LogP contribution in [0.4, 0.5) is 0 Å². The second-order valence-corrected chi connectivity index (χ2v) is 9.21.